The highest BCUT2D eigenvalue weighted by Crippen LogP contribution is 2.23. The topological polar surface area (TPSA) is 46.3 Å². The van der Waals surface area contributed by atoms with Crippen molar-refractivity contribution in [3.63, 3.8) is 0 Å². The molecule has 1 heterocycles. The fraction of sp³-hybridized carbons (Fsp3) is 0.923. The molecule has 1 unspecified atom stereocenters. The summed E-state index contributed by atoms with van der Waals surface area (Å²) in [5, 5.41) is 0. The third-order valence-corrected chi connectivity index (χ3v) is 3.82. The van der Waals surface area contributed by atoms with Crippen molar-refractivity contribution in [3.05, 3.63) is 0 Å². The molecule has 1 fully saturated rings. The normalized spacial score (nSPS) is 21.9. The van der Waals surface area contributed by atoms with Crippen LogP contribution in [-0.4, -0.2) is 29.4 Å². The largest absolute Gasteiger partial charge is 0.341 e. The van der Waals surface area contributed by atoms with E-state index in [1.54, 1.807) is 0 Å². The molecule has 0 saturated carbocycles. The maximum atomic E-state index is 12.1. The van der Waals surface area contributed by atoms with Gasteiger partial charge < -0.3 is 10.6 Å². The van der Waals surface area contributed by atoms with Crippen molar-refractivity contribution in [1.29, 1.82) is 0 Å². The molecule has 1 amide bonds. The van der Waals surface area contributed by atoms with Gasteiger partial charge in [-0.15, -0.1) is 0 Å². The van der Waals surface area contributed by atoms with Crippen LogP contribution in [0.2, 0.25) is 0 Å². The maximum absolute atomic E-state index is 12.1. The van der Waals surface area contributed by atoms with Crippen LogP contribution in [0.25, 0.3) is 0 Å². The van der Waals surface area contributed by atoms with Crippen LogP contribution in [-0.2, 0) is 4.79 Å². The monoisotopic (exact) mass is 226 g/mol. The van der Waals surface area contributed by atoms with Crippen LogP contribution in [0.5, 0.6) is 0 Å². The Morgan fingerprint density at radius 2 is 1.94 bits per heavy atom. The lowest BCUT2D eigenvalue weighted by Gasteiger charge is -2.36. The van der Waals surface area contributed by atoms with Crippen molar-refractivity contribution in [2.45, 2.75) is 58.4 Å². The second-order valence-corrected chi connectivity index (χ2v) is 5.30. The summed E-state index contributed by atoms with van der Waals surface area (Å²) >= 11 is 0. The summed E-state index contributed by atoms with van der Waals surface area (Å²) in [5.74, 6) is 0.949. The van der Waals surface area contributed by atoms with Gasteiger partial charge in [0.15, 0.2) is 0 Å². The van der Waals surface area contributed by atoms with E-state index in [-0.39, 0.29) is 5.91 Å². The Balaban J connectivity index is 2.45. The molecule has 0 aromatic heterocycles. The fourth-order valence-electron chi connectivity index (χ4n) is 2.35. The van der Waals surface area contributed by atoms with E-state index in [4.69, 9.17) is 5.73 Å². The van der Waals surface area contributed by atoms with E-state index >= 15 is 0 Å². The zero-order valence-corrected chi connectivity index (χ0v) is 11.0. The zero-order chi connectivity index (χ0) is 12.2. The van der Waals surface area contributed by atoms with E-state index in [1.165, 1.54) is 12.8 Å². The molecule has 0 aliphatic carbocycles. The molecule has 94 valence electrons. The summed E-state index contributed by atoms with van der Waals surface area (Å²) in [6.45, 7) is 7.84. The number of likely N-dealkylation sites (tertiary alicyclic amines) is 1. The molecule has 1 saturated heterocycles. The van der Waals surface area contributed by atoms with Crippen LogP contribution in [0.15, 0.2) is 0 Å². The van der Waals surface area contributed by atoms with Crippen LogP contribution < -0.4 is 5.73 Å². The van der Waals surface area contributed by atoms with E-state index in [9.17, 15) is 4.79 Å². The molecule has 0 spiro atoms. The highest BCUT2D eigenvalue weighted by atomic mass is 16.2. The first-order valence-corrected chi connectivity index (χ1v) is 6.59. The van der Waals surface area contributed by atoms with Gasteiger partial charge >= 0.3 is 0 Å². The molecule has 1 rings (SSSR count). The number of piperidine rings is 1. The summed E-state index contributed by atoms with van der Waals surface area (Å²) in [4.78, 5) is 14.1. The van der Waals surface area contributed by atoms with Crippen molar-refractivity contribution >= 4 is 5.91 Å². The molecule has 0 bridgehead atoms. The lowest BCUT2D eigenvalue weighted by molar-refractivity contribution is -0.138. The summed E-state index contributed by atoms with van der Waals surface area (Å²) in [7, 11) is 0. The number of amides is 1. The predicted octanol–water partition coefficient (Wildman–Crippen LogP) is 2.15. The summed E-state index contributed by atoms with van der Waals surface area (Å²) in [6, 6.07) is 0. The van der Waals surface area contributed by atoms with Gasteiger partial charge in [0.05, 0.1) is 5.54 Å². The van der Waals surface area contributed by atoms with Crippen molar-refractivity contribution in [3.8, 4) is 0 Å². The molecular weight excluding hydrogens is 200 g/mol. The van der Waals surface area contributed by atoms with Gasteiger partial charge in [-0.2, -0.15) is 0 Å². The number of carbonyl (C=O) groups excluding carboxylic acids is 1. The average molecular weight is 226 g/mol. The van der Waals surface area contributed by atoms with Crippen LogP contribution in [0.4, 0.5) is 0 Å². The molecule has 1 aliphatic rings. The smallest absolute Gasteiger partial charge is 0.242 e. The maximum Gasteiger partial charge on any atom is 0.242 e. The molecule has 16 heavy (non-hydrogen) atoms. The van der Waals surface area contributed by atoms with Crippen LogP contribution >= 0.6 is 0 Å². The Morgan fingerprint density at radius 1 is 1.38 bits per heavy atom. The van der Waals surface area contributed by atoms with Crippen molar-refractivity contribution in [1.82, 2.24) is 4.90 Å². The fourth-order valence-corrected chi connectivity index (χ4v) is 2.35. The highest BCUT2D eigenvalue weighted by Gasteiger charge is 2.32. The Kier molecular flexibility index (Phi) is 4.78. The standard InChI is InChI=1S/C13H26N2O/c1-4-6-11-7-9-15(10-8-11)12(16)13(3,14)5-2/h11H,4-10,14H2,1-3H3. The van der Waals surface area contributed by atoms with Crippen molar-refractivity contribution in [2.24, 2.45) is 11.7 Å². The number of hydrogen-bond acceptors (Lipinski definition) is 2. The third kappa shape index (κ3) is 3.21. The first-order valence-electron chi connectivity index (χ1n) is 6.59. The minimum Gasteiger partial charge on any atom is -0.341 e. The quantitative estimate of drug-likeness (QED) is 0.798. The first-order chi connectivity index (χ1) is 7.51. The second kappa shape index (κ2) is 5.67. The minimum atomic E-state index is -0.669. The number of nitrogens with zero attached hydrogens (tertiary/aromatic N) is 1. The zero-order valence-electron chi connectivity index (χ0n) is 11.0. The van der Waals surface area contributed by atoms with Crippen molar-refractivity contribution in [2.75, 3.05) is 13.1 Å². The Labute approximate surface area is 99.4 Å². The van der Waals surface area contributed by atoms with Gasteiger partial charge in [-0.05, 0) is 32.1 Å². The van der Waals surface area contributed by atoms with Crippen LogP contribution in [0, 0.1) is 5.92 Å². The van der Waals surface area contributed by atoms with E-state index < -0.39 is 5.54 Å². The van der Waals surface area contributed by atoms with E-state index in [1.807, 2.05) is 18.7 Å². The Hall–Kier alpha value is -0.570. The minimum absolute atomic E-state index is 0.130. The number of hydrogen-bond donors (Lipinski definition) is 1. The molecule has 2 N–H and O–H groups in total. The van der Waals surface area contributed by atoms with Gasteiger partial charge in [0.1, 0.15) is 0 Å². The van der Waals surface area contributed by atoms with Crippen LogP contribution in [0.3, 0.4) is 0 Å². The predicted molar refractivity (Wildman–Crippen MR) is 67.1 cm³/mol. The number of rotatable bonds is 4. The summed E-state index contributed by atoms with van der Waals surface area (Å²) in [5.41, 5.74) is 5.32. The molecule has 3 heteroatoms. The molecule has 1 atom stereocenters. The lowest BCUT2D eigenvalue weighted by Crippen LogP contribution is -2.54. The molecule has 0 radical (unpaired) electrons. The summed E-state index contributed by atoms with van der Waals surface area (Å²) in [6.07, 6.45) is 5.57. The van der Waals surface area contributed by atoms with E-state index in [0.29, 0.717) is 6.42 Å². The lowest BCUT2D eigenvalue weighted by atomic mass is 9.90. The van der Waals surface area contributed by atoms with Gasteiger partial charge in [0, 0.05) is 13.1 Å². The molecule has 0 aromatic rings. The van der Waals surface area contributed by atoms with E-state index in [2.05, 4.69) is 6.92 Å². The van der Waals surface area contributed by atoms with E-state index in [0.717, 1.165) is 31.8 Å². The Morgan fingerprint density at radius 3 is 2.38 bits per heavy atom. The SMILES string of the molecule is CCCC1CCN(C(=O)C(C)(N)CC)CC1. The van der Waals surface area contributed by atoms with Gasteiger partial charge in [-0.3, -0.25) is 4.79 Å². The first kappa shape index (κ1) is 13.5. The van der Waals surface area contributed by atoms with Crippen LogP contribution in [0.1, 0.15) is 52.9 Å². The summed E-state index contributed by atoms with van der Waals surface area (Å²) < 4.78 is 0. The van der Waals surface area contributed by atoms with Gasteiger partial charge in [0.2, 0.25) is 5.91 Å². The molecular formula is C13H26N2O. The highest BCUT2D eigenvalue weighted by molar-refractivity contribution is 5.85. The second-order valence-electron chi connectivity index (χ2n) is 5.30. The molecule has 1 aliphatic heterocycles. The number of carbonyl (C=O) groups is 1. The van der Waals surface area contributed by atoms with Gasteiger partial charge in [0.25, 0.3) is 0 Å². The van der Waals surface area contributed by atoms with Gasteiger partial charge in [-0.1, -0.05) is 26.7 Å². The molecule has 3 nitrogen and oxygen atoms in total. The number of nitrogens with two attached hydrogens (primary N) is 1. The Bertz CT molecular complexity index is 230. The van der Waals surface area contributed by atoms with Crippen molar-refractivity contribution < 1.29 is 4.79 Å². The molecule has 0 aromatic carbocycles. The average Bonchev–Trinajstić information content (AvgIpc) is 2.29. The van der Waals surface area contributed by atoms with Gasteiger partial charge in [-0.25, -0.2) is 0 Å². The third-order valence-electron chi connectivity index (χ3n) is 3.82.